The van der Waals surface area contributed by atoms with Gasteiger partial charge in [-0.3, -0.25) is 4.79 Å². The molecule has 1 saturated heterocycles. The number of anilines is 1. The number of nitrogens with one attached hydrogen (secondary N) is 1. The second-order valence-corrected chi connectivity index (χ2v) is 8.89. The summed E-state index contributed by atoms with van der Waals surface area (Å²) < 4.78 is 16.5. The molecule has 0 amide bonds. The number of benzene rings is 2. The molecule has 0 aromatic heterocycles. The number of rotatable bonds is 8. The van der Waals surface area contributed by atoms with E-state index in [1.165, 1.54) is 13.5 Å². The van der Waals surface area contributed by atoms with Gasteiger partial charge in [0.25, 0.3) is 0 Å². The van der Waals surface area contributed by atoms with Crippen LogP contribution in [0.3, 0.4) is 0 Å². The summed E-state index contributed by atoms with van der Waals surface area (Å²) in [5.74, 6) is 0.527. The normalized spacial score (nSPS) is 15.8. The molecule has 0 saturated carbocycles. The molecule has 2 aromatic rings. The Bertz CT molecular complexity index is 949. The molecular formula is C25H30ClNO4S. The smallest absolute Gasteiger partial charge is 0.309 e. The van der Waals surface area contributed by atoms with Crippen molar-refractivity contribution in [3.8, 4) is 5.75 Å². The Hall–Kier alpha value is -2.15. The molecular weight excluding hydrogens is 446 g/mol. The molecule has 0 bridgehead atoms. The molecule has 7 heteroatoms. The predicted molar refractivity (Wildman–Crippen MR) is 132 cm³/mol. The zero-order valence-corrected chi connectivity index (χ0v) is 20.4. The van der Waals surface area contributed by atoms with Crippen LogP contribution in [-0.2, 0) is 20.7 Å². The van der Waals surface area contributed by atoms with E-state index in [0.29, 0.717) is 28.4 Å². The Morgan fingerprint density at radius 2 is 1.97 bits per heavy atom. The Morgan fingerprint density at radius 1 is 1.22 bits per heavy atom. The van der Waals surface area contributed by atoms with Gasteiger partial charge < -0.3 is 19.5 Å². The fourth-order valence-corrected chi connectivity index (χ4v) is 4.51. The maximum absolute atomic E-state index is 11.6. The summed E-state index contributed by atoms with van der Waals surface area (Å²) in [5, 5.41) is 3.76. The number of aryl methyl sites for hydroxylation is 2. The third-order valence-electron chi connectivity index (χ3n) is 5.57. The highest BCUT2D eigenvalue weighted by Gasteiger charge is 2.16. The van der Waals surface area contributed by atoms with Crippen LogP contribution in [0.15, 0.2) is 30.3 Å². The van der Waals surface area contributed by atoms with Gasteiger partial charge in [0.2, 0.25) is 0 Å². The van der Waals surface area contributed by atoms with Crippen LogP contribution in [0.4, 0.5) is 5.69 Å². The summed E-state index contributed by atoms with van der Waals surface area (Å²) in [6, 6.07) is 9.38. The monoisotopic (exact) mass is 475 g/mol. The molecule has 1 fully saturated rings. The van der Waals surface area contributed by atoms with E-state index in [1.54, 1.807) is 12.1 Å². The second kappa shape index (κ2) is 11.6. The van der Waals surface area contributed by atoms with Crippen molar-refractivity contribution in [2.24, 2.45) is 0 Å². The van der Waals surface area contributed by atoms with Crippen LogP contribution in [0, 0.1) is 13.8 Å². The van der Waals surface area contributed by atoms with Gasteiger partial charge in [-0.1, -0.05) is 29.9 Å². The van der Waals surface area contributed by atoms with E-state index in [0.717, 1.165) is 53.9 Å². The lowest BCUT2D eigenvalue weighted by atomic mass is 10.0. The van der Waals surface area contributed by atoms with Gasteiger partial charge in [0.1, 0.15) is 10.7 Å². The van der Waals surface area contributed by atoms with Crippen LogP contribution in [0.25, 0.3) is 0 Å². The third kappa shape index (κ3) is 6.67. The fourth-order valence-electron chi connectivity index (χ4n) is 3.91. The highest BCUT2D eigenvalue weighted by molar-refractivity contribution is 7.81. The lowest BCUT2D eigenvalue weighted by molar-refractivity contribution is -0.139. The molecule has 1 N–H and O–H groups in total. The Balaban J connectivity index is 1.66. The van der Waals surface area contributed by atoms with Crippen molar-refractivity contribution in [1.82, 2.24) is 0 Å². The summed E-state index contributed by atoms with van der Waals surface area (Å²) in [6.45, 7) is 5.53. The second-order valence-electron chi connectivity index (χ2n) is 8.08. The maximum Gasteiger partial charge on any atom is 0.309 e. The molecule has 0 aliphatic carbocycles. The van der Waals surface area contributed by atoms with Gasteiger partial charge in [-0.2, -0.15) is 0 Å². The number of carbonyl (C=O) groups excluding carboxylic acids is 1. The number of esters is 1. The average molecular weight is 476 g/mol. The van der Waals surface area contributed by atoms with Gasteiger partial charge in [0.15, 0.2) is 0 Å². The molecule has 172 valence electrons. The van der Waals surface area contributed by atoms with Crippen molar-refractivity contribution in [1.29, 1.82) is 0 Å². The van der Waals surface area contributed by atoms with E-state index in [9.17, 15) is 4.79 Å². The van der Waals surface area contributed by atoms with Crippen molar-refractivity contribution in [3.05, 3.63) is 57.6 Å². The first-order chi connectivity index (χ1) is 15.4. The zero-order chi connectivity index (χ0) is 23.1. The number of carbonyl (C=O) groups is 1. The number of thiocarbonyl (C=S) groups is 1. The maximum atomic E-state index is 11.6. The van der Waals surface area contributed by atoms with Gasteiger partial charge in [-0.05, 0) is 74.1 Å². The van der Waals surface area contributed by atoms with Gasteiger partial charge in [-0.25, -0.2) is 0 Å². The van der Waals surface area contributed by atoms with Crippen molar-refractivity contribution >= 4 is 40.5 Å². The molecule has 0 radical (unpaired) electrons. The molecule has 1 atom stereocenters. The van der Waals surface area contributed by atoms with E-state index in [2.05, 4.69) is 5.32 Å². The highest BCUT2D eigenvalue weighted by Crippen LogP contribution is 2.28. The minimum atomic E-state index is -0.307. The summed E-state index contributed by atoms with van der Waals surface area (Å²) >= 11 is 12.0. The molecule has 3 rings (SSSR count). The Labute approximate surface area is 200 Å². The summed E-state index contributed by atoms with van der Waals surface area (Å²) in [7, 11) is 1.37. The molecule has 5 nitrogen and oxygen atoms in total. The van der Waals surface area contributed by atoms with Gasteiger partial charge in [0.05, 0.1) is 37.0 Å². The van der Waals surface area contributed by atoms with E-state index < -0.39 is 0 Å². The molecule has 1 aliphatic rings. The third-order valence-corrected chi connectivity index (χ3v) is 6.21. The molecule has 2 aromatic carbocycles. The average Bonchev–Trinajstić information content (AvgIpc) is 2.76. The van der Waals surface area contributed by atoms with Crippen LogP contribution in [-0.4, -0.2) is 37.4 Å². The summed E-state index contributed by atoms with van der Waals surface area (Å²) in [5.41, 5.74) is 4.44. The van der Waals surface area contributed by atoms with Crippen molar-refractivity contribution in [2.75, 3.05) is 25.6 Å². The van der Waals surface area contributed by atoms with Gasteiger partial charge in [0, 0.05) is 18.6 Å². The number of hydrogen-bond acceptors (Lipinski definition) is 5. The summed E-state index contributed by atoms with van der Waals surface area (Å²) in [4.78, 5) is 12.2. The molecule has 1 aliphatic heterocycles. The van der Waals surface area contributed by atoms with Crippen LogP contribution >= 0.6 is 23.8 Å². The van der Waals surface area contributed by atoms with Crippen molar-refractivity contribution < 1.29 is 19.0 Å². The van der Waals surface area contributed by atoms with E-state index in [4.69, 9.17) is 38.0 Å². The summed E-state index contributed by atoms with van der Waals surface area (Å²) in [6.07, 6.45) is 4.89. The topological polar surface area (TPSA) is 56.8 Å². The van der Waals surface area contributed by atoms with Gasteiger partial charge >= 0.3 is 5.97 Å². The molecule has 1 unspecified atom stereocenters. The molecule has 32 heavy (non-hydrogen) atoms. The molecule has 0 spiro atoms. The predicted octanol–water partition coefficient (Wildman–Crippen LogP) is 5.80. The van der Waals surface area contributed by atoms with Gasteiger partial charge in [-0.15, -0.1) is 0 Å². The fraction of sp³-hybridized carbons (Fsp3) is 0.440. The quantitative estimate of drug-likeness (QED) is 0.384. The first-order valence-corrected chi connectivity index (χ1v) is 11.7. The van der Waals surface area contributed by atoms with Crippen LogP contribution in [0.5, 0.6) is 5.75 Å². The van der Waals surface area contributed by atoms with Crippen LogP contribution in [0.1, 0.15) is 47.9 Å². The van der Waals surface area contributed by atoms with E-state index in [-0.39, 0.29) is 12.4 Å². The first kappa shape index (κ1) is 24.5. The number of methoxy groups -OCH3 is 1. The minimum Gasteiger partial charge on any atom is -0.493 e. The minimum absolute atomic E-state index is 0.172. The highest BCUT2D eigenvalue weighted by atomic mass is 35.5. The SMILES string of the molecule is COC(=O)Cc1ccc(Cl)c(NC(=S)c2c(C)cc(OCCC3CCCCO3)cc2C)c1. The largest absolute Gasteiger partial charge is 0.493 e. The van der Waals surface area contributed by atoms with Crippen LogP contribution < -0.4 is 10.1 Å². The molecule has 1 heterocycles. The Morgan fingerprint density at radius 3 is 2.62 bits per heavy atom. The zero-order valence-electron chi connectivity index (χ0n) is 18.8. The lowest BCUT2D eigenvalue weighted by Gasteiger charge is -2.22. The number of hydrogen-bond donors (Lipinski definition) is 1. The van der Waals surface area contributed by atoms with E-state index >= 15 is 0 Å². The first-order valence-electron chi connectivity index (χ1n) is 10.9. The standard InChI is InChI=1S/C25H30ClNO4S/c1-16-12-20(31-11-9-19-6-4-5-10-30-19)13-17(2)24(16)25(32)27-22-14-18(7-8-21(22)26)15-23(28)29-3/h7-8,12-14,19H,4-6,9-11,15H2,1-3H3,(H,27,32). The van der Waals surface area contributed by atoms with E-state index in [1.807, 2.05) is 32.0 Å². The number of halogens is 1. The van der Waals surface area contributed by atoms with Crippen molar-refractivity contribution in [3.63, 3.8) is 0 Å². The van der Waals surface area contributed by atoms with Crippen LogP contribution in [0.2, 0.25) is 5.02 Å². The lowest BCUT2D eigenvalue weighted by Crippen LogP contribution is -2.21. The van der Waals surface area contributed by atoms with Crippen molar-refractivity contribution in [2.45, 2.75) is 52.1 Å². The number of ether oxygens (including phenoxy) is 3. The Kier molecular flexibility index (Phi) is 8.91.